The van der Waals surface area contributed by atoms with E-state index in [0.29, 0.717) is 5.71 Å². The highest BCUT2D eigenvalue weighted by Gasteiger charge is 2.07. The quantitative estimate of drug-likeness (QED) is 0.633. The lowest BCUT2D eigenvalue weighted by atomic mass is 10.1. The maximum Gasteiger partial charge on any atom is 0.244 e. The Morgan fingerprint density at radius 2 is 1.62 bits per heavy atom. The number of carbonyl (C=O) groups excluding carboxylic acids is 2. The zero-order valence-corrected chi connectivity index (χ0v) is 13.9. The lowest BCUT2D eigenvalue weighted by molar-refractivity contribution is -0.120. The molecular formula is C19H21N3O2. The molecule has 0 atom stereocenters. The van der Waals surface area contributed by atoms with Crippen molar-refractivity contribution in [1.82, 2.24) is 5.43 Å². The van der Waals surface area contributed by atoms with E-state index in [4.69, 9.17) is 0 Å². The molecule has 5 heteroatoms. The van der Waals surface area contributed by atoms with Crippen molar-refractivity contribution in [2.24, 2.45) is 5.10 Å². The van der Waals surface area contributed by atoms with Gasteiger partial charge in [0.05, 0.1) is 12.8 Å². The largest absolute Gasteiger partial charge is 0.326 e. The third-order valence-electron chi connectivity index (χ3n) is 3.41. The summed E-state index contributed by atoms with van der Waals surface area (Å²) in [6, 6.07) is 17.0. The van der Waals surface area contributed by atoms with Crippen LogP contribution in [0.4, 0.5) is 5.69 Å². The maximum absolute atomic E-state index is 12.0. The Morgan fingerprint density at radius 1 is 0.958 bits per heavy atom. The highest BCUT2D eigenvalue weighted by molar-refractivity contribution is 6.06. The van der Waals surface area contributed by atoms with E-state index >= 15 is 0 Å². The number of nitrogens with zero attached hydrogens (tertiary/aromatic N) is 1. The Labute approximate surface area is 141 Å². The van der Waals surface area contributed by atoms with Gasteiger partial charge >= 0.3 is 0 Å². The number of hydrogen-bond acceptors (Lipinski definition) is 3. The molecular weight excluding hydrogens is 302 g/mol. The number of rotatable bonds is 6. The van der Waals surface area contributed by atoms with Gasteiger partial charge in [0.25, 0.3) is 0 Å². The summed E-state index contributed by atoms with van der Waals surface area (Å²) in [6.45, 7) is 3.64. The molecule has 2 aromatic carbocycles. The minimum atomic E-state index is -0.208. The summed E-state index contributed by atoms with van der Waals surface area (Å²) in [7, 11) is 0. The minimum Gasteiger partial charge on any atom is -0.326 e. The van der Waals surface area contributed by atoms with Gasteiger partial charge in [-0.25, -0.2) is 5.43 Å². The maximum atomic E-state index is 12.0. The van der Waals surface area contributed by atoms with Crippen LogP contribution < -0.4 is 10.7 Å². The zero-order valence-electron chi connectivity index (χ0n) is 13.9. The molecule has 0 saturated heterocycles. The molecule has 0 spiro atoms. The Balaban J connectivity index is 1.82. The van der Waals surface area contributed by atoms with Crippen LogP contribution in [0.2, 0.25) is 0 Å². The van der Waals surface area contributed by atoms with Crippen molar-refractivity contribution < 1.29 is 9.59 Å². The van der Waals surface area contributed by atoms with Gasteiger partial charge < -0.3 is 5.32 Å². The van der Waals surface area contributed by atoms with Crippen LogP contribution in [-0.2, 0) is 16.0 Å². The summed E-state index contributed by atoms with van der Waals surface area (Å²) in [5.74, 6) is -0.372. The molecule has 0 fully saturated rings. The van der Waals surface area contributed by atoms with Gasteiger partial charge in [-0.05, 0) is 31.0 Å². The van der Waals surface area contributed by atoms with Gasteiger partial charge in [0, 0.05) is 11.4 Å². The molecule has 2 aromatic rings. The van der Waals surface area contributed by atoms with Gasteiger partial charge in [-0.1, -0.05) is 48.5 Å². The summed E-state index contributed by atoms with van der Waals surface area (Å²) in [5.41, 5.74) is 5.72. The fraction of sp³-hybridized carbons (Fsp3) is 0.211. The first-order valence-corrected chi connectivity index (χ1v) is 7.76. The molecule has 0 radical (unpaired) electrons. The predicted octanol–water partition coefficient (Wildman–Crippen LogP) is 3.06. The first-order chi connectivity index (χ1) is 11.5. The van der Waals surface area contributed by atoms with Gasteiger partial charge in [-0.3, -0.25) is 9.59 Å². The Bertz CT molecular complexity index is 739. The number of para-hydroxylation sites is 1. The second-order valence-corrected chi connectivity index (χ2v) is 5.58. The van der Waals surface area contributed by atoms with Crippen LogP contribution >= 0.6 is 0 Å². The van der Waals surface area contributed by atoms with E-state index in [1.807, 2.05) is 61.5 Å². The van der Waals surface area contributed by atoms with Gasteiger partial charge in [0.1, 0.15) is 0 Å². The van der Waals surface area contributed by atoms with Crippen molar-refractivity contribution in [2.45, 2.75) is 26.7 Å². The molecule has 2 N–H and O–H groups in total. The van der Waals surface area contributed by atoms with Crippen molar-refractivity contribution in [3.05, 3.63) is 65.7 Å². The van der Waals surface area contributed by atoms with Crippen LogP contribution in [0.25, 0.3) is 0 Å². The van der Waals surface area contributed by atoms with Crippen molar-refractivity contribution >= 4 is 23.2 Å². The average molecular weight is 323 g/mol. The topological polar surface area (TPSA) is 70.6 Å². The summed E-state index contributed by atoms with van der Waals surface area (Å²) in [6.07, 6.45) is 0.382. The van der Waals surface area contributed by atoms with E-state index < -0.39 is 0 Å². The summed E-state index contributed by atoms with van der Waals surface area (Å²) in [4.78, 5) is 23.8. The Hall–Kier alpha value is -2.95. The van der Waals surface area contributed by atoms with Crippen LogP contribution in [0.15, 0.2) is 59.7 Å². The molecule has 2 amide bonds. The molecule has 0 heterocycles. The third kappa shape index (κ3) is 5.68. The number of hydrazone groups is 1. The van der Waals surface area contributed by atoms with Crippen LogP contribution in [0.1, 0.15) is 24.5 Å². The average Bonchev–Trinajstić information content (AvgIpc) is 2.56. The van der Waals surface area contributed by atoms with Crippen molar-refractivity contribution in [2.75, 3.05) is 5.32 Å². The number of amides is 2. The smallest absolute Gasteiger partial charge is 0.244 e. The normalized spacial score (nSPS) is 11.0. The zero-order chi connectivity index (χ0) is 17.4. The fourth-order valence-corrected chi connectivity index (χ4v) is 2.16. The monoisotopic (exact) mass is 323 g/mol. The van der Waals surface area contributed by atoms with Crippen LogP contribution in [-0.4, -0.2) is 17.5 Å². The molecule has 0 bridgehead atoms. The molecule has 0 aromatic heterocycles. The van der Waals surface area contributed by atoms with E-state index in [2.05, 4.69) is 15.8 Å². The van der Waals surface area contributed by atoms with Crippen LogP contribution in [0, 0.1) is 6.92 Å². The lowest BCUT2D eigenvalue weighted by Gasteiger charge is -2.08. The second-order valence-electron chi connectivity index (χ2n) is 5.58. The molecule has 0 unspecified atom stereocenters. The summed E-state index contributed by atoms with van der Waals surface area (Å²) >= 11 is 0. The van der Waals surface area contributed by atoms with E-state index in [1.54, 1.807) is 6.92 Å². The molecule has 0 aliphatic heterocycles. The number of aryl methyl sites for hydroxylation is 1. The number of anilines is 1. The van der Waals surface area contributed by atoms with Gasteiger partial charge in [0.2, 0.25) is 11.8 Å². The first kappa shape index (κ1) is 17.4. The molecule has 0 saturated carbocycles. The first-order valence-electron chi connectivity index (χ1n) is 7.76. The van der Waals surface area contributed by atoms with E-state index in [0.717, 1.165) is 16.8 Å². The fourth-order valence-electron chi connectivity index (χ4n) is 2.16. The lowest BCUT2D eigenvalue weighted by Crippen LogP contribution is -2.23. The molecule has 0 aliphatic rings. The number of carbonyl (C=O) groups is 2. The Morgan fingerprint density at radius 3 is 2.33 bits per heavy atom. The number of nitrogens with one attached hydrogen (secondary N) is 2. The van der Waals surface area contributed by atoms with Crippen molar-refractivity contribution in [1.29, 1.82) is 0 Å². The van der Waals surface area contributed by atoms with Crippen LogP contribution in [0.3, 0.4) is 0 Å². The minimum absolute atomic E-state index is 0.125. The number of benzene rings is 2. The Kier molecular flexibility index (Phi) is 6.25. The highest BCUT2D eigenvalue weighted by atomic mass is 16.2. The SMILES string of the molecule is C/C(CC(=O)Nc1ccccc1C)=N/NC(=O)Cc1ccccc1. The van der Waals surface area contributed by atoms with Gasteiger partial charge in [-0.2, -0.15) is 5.10 Å². The van der Waals surface area contributed by atoms with E-state index in [9.17, 15) is 9.59 Å². The predicted molar refractivity (Wildman–Crippen MR) is 95.8 cm³/mol. The van der Waals surface area contributed by atoms with Crippen LogP contribution in [0.5, 0.6) is 0 Å². The highest BCUT2D eigenvalue weighted by Crippen LogP contribution is 2.13. The third-order valence-corrected chi connectivity index (χ3v) is 3.41. The number of hydrogen-bond donors (Lipinski definition) is 2. The summed E-state index contributed by atoms with van der Waals surface area (Å²) < 4.78 is 0. The second kappa shape index (κ2) is 8.62. The molecule has 5 nitrogen and oxygen atoms in total. The summed E-state index contributed by atoms with van der Waals surface area (Å²) in [5, 5.41) is 6.82. The van der Waals surface area contributed by atoms with Crippen molar-refractivity contribution in [3.63, 3.8) is 0 Å². The molecule has 2 rings (SSSR count). The van der Waals surface area contributed by atoms with Gasteiger partial charge in [-0.15, -0.1) is 0 Å². The molecule has 0 aliphatic carbocycles. The molecule has 124 valence electrons. The van der Waals surface area contributed by atoms with Crippen molar-refractivity contribution in [3.8, 4) is 0 Å². The molecule has 24 heavy (non-hydrogen) atoms. The van der Waals surface area contributed by atoms with E-state index in [-0.39, 0.29) is 24.7 Å². The van der Waals surface area contributed by atoms with E-state index in [1.165, 1.54) is 0 Å². The van der Waals surface area contributed by atoms with Gasteiger partial charge in [0.15, 0.2) is 0 Å². The standard InChI is InChI=1S/C19H21N3O2/c1-14-8-6-7-11-17(14)20-18(23)12-15(2)21-22-19(24)13-16-9-4-3-5-10-16/h3-11H,12-13H2,1-2H3,(H,20,23)(H,22,24)/b21-15-.